The van der Waals surface area contributed by atoms with E-state index in [1.54, 1.807) is 0 Å². The summed E-state index contributed by atoms with van der Waals surface area (Å²) >= 11 is 0. The average molecular weight is 467 g/mol. The van der Waals surface area contributed by atoms with Crippen LogP contribution in [-0.2, 0) is 16.2 Å². The molecule has 0 amide bonds. The van der Waals surface area contributed by atoms with Crippen molar-refractivity contribution in [1.29, 1.82) is 0 Å². The van der Waals surface area contributed by atoms with Crippen molar-refractivity contribution in [3.8, 4) is 23.0 Å². The Morgan fingerprint density at radius 1 is 0.735 bits per heavy atom. The normalized spacial score (nSPS) is 29.5. The number of phenolic OH excluding ortho intramolecular Hbond substituents is 4. The van der Waals surface area contributed by atoms with Crippen LogP contribution in [0.25, 0.3) is 0 Å². The average Bonchev–Trinajstić information content (AvgIpc) is 3.13. The molecule has 4 unspecified atom stereocenters. The van der Waals surface area contributed by atoms with E-state index in [9.17, 15) is 20.4 Å². The van der Waals surface area contributed by atoms with Gasteiger partial charge in [0.2, 0.25) is 0 Å². The maximum atomic E-state index is 11.2. The third kappa shape index (κ3) is 3.39. The molecule has 34 heavy (non-hydrogen) atoms. The second-order valence-corrected chi connectivity index (χ2v) is 11.4. The Balaban J connectivity index is 2.10. The zero-order valence-electron chi connectivity index (χ0n) is 21.5. The lowest BCUT2D eigenvalue weighted by Gasteiger charge is -2.42. The van der Waals surface area contributed by atoms with Crippen molar-refractivity contribution in [3.63, 3.8) is 0 Å². The van der Waals surface area contributed by atoms with Gasteiger partial charge < -0.3 is 20.4 Å². The first-order valence-corrected chi connectivity index (χ1v) is 13.2. The van der Waals surface area contributed by atoms with Crippen LogP contribution < -0.4 is 0 Å². The third-order valence-electron chi connectivity index (χ3n) is 9.08. The zero-order valence-corrected chi connectivity index (χ0v) is 21.5. The molecule has 186 valence electrons. The van der Waals surface area contributed by atoms with Gasteiger partial charge in [-0.05, 0) is 60.3 Å². The molecule has 0 aromatic heterocycles. The number of hydrogen-bond acceptors (Lipinski definition) is 4. The number of rotatable bonds is 8. The van der Waals surface area contributed by atoms with Gasteiger partial charge in [0.25, 0.3) is 0 Å². The van der Waals surface area contributed by atoms with Gasteiger partial charge in [0.1, 0.15) is 23.0 Å². The van der Waals surface area contributed by atoms with Gasteiger partial charge in [-0.25, -0.2) is 0 Å². The molecule has 0 saturated carbocycles. The fourth-order valence-corrected chi connectivity index (χ4v) is 7.90. The van der Waals surface area contributed by atoms with E-state index >= 15 is 0 Å². The van der Waals surface area contributed by atoms with Gasteiger partial charge in [-0.1, -0.05) is 66.7 Å². The van der Waals surface area contributed by atoms with Crippen LogP contribution in [0.15, 0.2) is 24.3 Å². The van der Waals surface area contributed by atoms with Crippen LogP contribution in [0.1, 0.15) is 115 Å². The largest absolute Gasteiger partial charge is 0.508 e. The van der Waals surface area contributed by atoms with E-state index in [1.165, 1.54) is 12.1 Å². The summed E-state index contributed by atoms with van der Waals surface area (Å²) in [6.07, 6.45) is 8.91. The summed E-state index contributed by atoms with van der Waals surface area (Å²) in [7, 11) is 0. The molecule has 2 aromatic rings. The molecule has 0 bridgehead atoms. The van der Waals surface area contributed by atoms with E-state index in [1.807, 2.05) is 12.1 Å². The Hall–Kier alpha value is -2.36. The Bertz CT molecular complexity index is 1060. The van der Waals surface area contributed by atoms with Gasteiger partial charge in [-0.3, -0.25) is 0 Å². The van der Waals surface area contributed by atoms with Gasteiger partial charge in [0, 0.05) is 34.1 Å². The Morgan fingerprint density at radius 3 is 1.82 bits per heavy atom. The highest BCUT2D eigenvalue weighted by atomic mass is 16.3. The topological polar surface area (TPSA) is 80.9 Å². The number of fused-ring (bicyclic) bond motifs is 4. The summed E-state index contributed by atoms with van der Waals surface area (Å²) in [5.41, 5.74) is 2.83. The summed E-state index contributed by atoms with van der Waals surface area (Å²) in [4.78, 5) is 0. The minimum Gasteiger partial charge on any atom is -0.508 e. The number of aromatic hydroxyl groups is 4. The van der Waals surface area contributed by atoms with E-state index in [0.717, 1.165) is 80.0 Å². The smallest absolute Gasteiger partial charge is 0.123 e. The molecule has 2 aromatic carbocycles. The number of unbranched alkanes of at least 4 members (excludes halogenated alkanes) is 2. The van der Waals surface area contributed by atoms with Crippen LogP contribution in [0.3, 0.4) is 0 Å². The first-order chi connectivity index (χ1) is 16.1. The first kappa shape index (κ1) is 24.8. The van der Waals surface area contributed by atoms with Crippen LogP contribution in [0, 0.1) is 5.92 Å². The number of hydrogen-bond donors (Lipinski definition) is 4. The monoisotopic (exact) mass is 466 g/mol. The van der Waals surface area contributed by atoms with Gasteiger partial charge in [-0.15, -0.1) is 0 Å². The molecule has 4 rings (SSSR count). The fourth-order valence-electron chi connectivity index (χ4n) is 7.90. The second kappa shape index (κ2) is 8.70. The molecule has 4 N–H and O–H groups in total. The van der Waals surface area contributed by atoms with Crippen LogP contribution >= 0.6 is 0 Å². The van der Waals surface area contributed by atoms with E-state index in [-0.39, 0.29) is 39.7 Å². The van der Waals surface area contributed by atoms with Gasteiger partial charge >= 0.3 is 0 Å². The molecule has 4 nitrogen and oxygen atoms in total. The fraction of sp³-hybridized carbons (Fsp3) is 0.600. The highest BCUT2D eigenvalue weighted by Gasteiger charge is 2.64. The van der Waals surface area contributed by atoms with Crippen LogP contribution in [0.2, 0.25) is 0 Å². The number of benzene rings is 2. The van der Waals surface area contributed by atoms with Crippen LogP contribution in [0.5, 0.6) is 23.0 Å². The molecule has 4 atom stereocenters. The maximum Gasteiger partial charge on any atom is 0.123 e. The van der Waals surface area contributed by atoms with E-state index < -0.39 is 5.41 Å². The minimum absolute atomic E-state index is 0.0682. The quantitative estimate of drug-likeness (QED) is 0.324. The maximum absolute atomic E-state index is 11.2. The molecule has 0 heterocycles. The molecule has 1 spiro atoms. The molecular weight excluding hydrogens is 424 g/mol. The standard InChI is InChI=1S/C30H42O4/c1-6-9-12-28(4)18-30(21-14-19(31)16-23(33)26(21)28)22-15-20(32)17-24(34)27(22)29(5,13-10-7-2)25(30)11-8-3/h14-17,25,31-34H,6-13,18H2,1-5H3. The van der Waals surface area contributed by atoms with Crippen LogP contribution in [-0.4, -0.2) is 20.4 Å². The van der Waals surface area contributed by atoms with E-state index in [4.69, 9.17) is 0 Å². The summed E-state index contributed by atoms with van der Waals surface area (Å²) in [5.74, 6) is 0.647. The van der Waals surface area contributed by atoms with Crippen LogP contribution in [0.4, 0.5) is 0 Å². The zero-order chi connectivity index (χ0) is 24.9. The minimum atomic E-state index is -0.488. The molecule has 0 aliphatic heterocycles. The molecule has 2 aliphatic carbocycles. The van der Waals surface area contributed by atoms with Gasteiger partial charge in [-0.2, -0.15) is 0 Å². The lowest BCUT2D eigenvalue weighted by atomic mass is 9.60. The highest BCUT2D eigenvalue weighted by Crippen LogP contribution is 2.71. The van der Waals surface area contributed by atoms with Crippen molar-refractivity contribution in [2.24, 2.45) is 5.92 Å². The second-order valence-electron chi connectivity index (χ2n) is 11.4. The SMILES string of the molecule is CCCCC1(C)CC2(c3cc(O)cc(O)c31)c1cc(O)cc(O)c1C(C)(CCCC)C2CCC. The predicted octanol–water partition coefficient (Wildman–Crippen LogP) is 7.52. The Labute approximate surface area is 204 Å². The van der Waals surface area contributed by atoms with Gasteiger partial charge in [0.05, 0.1) is 0 Å². The summed E-state index contributed by atoms with van der Waals surface area (Å²) in [6.45, 7) is 11.1. The van der Waals surface area contributed by atoms with E-state index in [0.29, 0.717) is 0 Å². The molecule has 2 aliphatic rings. The Kier molecular flexibility index (Phi) is 6.33. The van der Waals surface area contributed by atoms with Crippen molar-refractivity contribution >= 4 is 0 Å². The molecule has 0 saturated heterocycles. The summed E-state index contributed by atoms with van der Waals surface area (Å²) < 4.78 is 0. The molecule has 0 radical (unpaired) electrons. The van der Waals surface area contributed by atoms with Crippen molar-refractivity contribution in [2.45, 2.75) is 109 Å². The van der Waals surface area contributed by atoms with Crippen molar-refractivity contribution in [2.75, 3.05) is 0 Å². The van der Waals surface area contributed by atoms with Gasteiger partial charge in [0.15, 0.2) is 0 Å². The third-order valence-corrected chi connectivity index (χ3v) is 9.08. The molecule has 4 heteroatoms. The van der Waals surface area contributed by atoms with Crippen molar-refractivity contribution in [1.82, 2.24) is 0 Å². The van der Waals surface area contributed by atoms with Crippen molar-refractivity contribution < 1.29 is 20.4 Å². The van der Waals surface area contributed by atoms with E-state index in [2.05, 4.69) is 34.6 Å². The van der Waals surface area contributed by atoms with Crippen molar-refractivity contribution in [3.05, 3.63) is 46.5 Å². The predicted molar refractivity (Wildman–Crippen MR) is 137 cm³/mol. The first-order valence-electron chi connectivity index (χ1n) is 13.2. The Morgan fingerprint density at radius 2 is 1.26 bits per heavy atom. The molecular formula is C30H42O4. The highest BCUT2D eigenvalue weighted by molar-refractivity contribution is 5.68. The number of phenols is 4. The summed E-state index contributed by atoms with van der Waals surface area (Å²) in [6, 6.07) is 6.66. The molecule has 0 fully saturated rings. The lowest BCUT2D eigenvalue weighted by Crippen LogP contribution is -2.40. The lowest BCUT2D eigenvalue weighted by molar-refractivity contribution is 0.174. The summed E-state index contributed by atoms with van der Waals surface area (Å²) in [5, 5.41) is 43.7.